The molecule has 6 rings (SSSR count). The van der Waals surface area contributed by atoms with Gasteiger partial charge >= 0.3 is 6.03 Å². The van der Waals surface area contributed by atoms with E-state index in [1.54, 1.807) is 6.20 Å². The van der Waals surface area contributed by atoms with Crippen LogP contribution in [0.25, 0.3) is 33.3 Å². The van der Waals surface area contributed by atoms with E-state index in [9.17, 15) is 4.79 Å². The van der Waals surface area contributed by atoms with E-state index < -0.39 is 0 Å². The maximum atomic E-state index is 12.9. The fraction of sp³-hybridized carbons (Fsp3) is 0.192. The van der Waals surface area contributed by atoms with Gasteiger partial charge in [0.25, 0.3) is 0 Å². The molecule has 0 saturated carbocycles. The molecule has 8 nitrogen and oxygen atoms in total. The van der Waals surface area contributed by atoms with Crippen LogP contribution in [0.15, 0.2) is 77.4 Å². The number of fused-ring (bicyclic) bond motifs is 2. The molecule has 4 heterocycles. The van der Waals surface area contributed by atoms with Gasteiger partial charge in [0.1, 0.15) is 5.69 Å². The molecular formula is C26H22N6O2. The number of nitrogens with zero attached hydrogens (tertiary/aromatic N) is 5. The summed E-state index contributed by atoms with van der Waals surface area (Å²) in [5.74, 6) is 1.21. The highest BCUT2D eigenvalue weighted by Crippen LogP contribution is 2.29. The normalized spacial score (nSPS) is 14.5. The van der Waals surface area contributed by atoms with Crippen molar-refractivity contribution in [3.8, 4) is 11.5 Å². The summed E-state index contributed by atoms with van der Waals surface area (Å²) in [6, 6.07) is 21.4. The predicted molar refractivity (Wildman–Crippen MR) is 129 cm³/mol. The standard InChI is InChI=1S/C26H22N6O2/c33-26(29-21-9-3-6-18-7-4-14-27-23(18)21)32-15-12-19(13-16-32)25-30-24(31-34-25)22-11-10-17-5-1-2-8-20(17)28-22/h1-11,14,19H,12-13,15-16H2,(H,29,33). The van der Waals surface area contributed by atoms with Gasteiger partial charge in [-0.1, -0.05) is 47.6 Å². The Morgan fingerprint density at radius 1 is 0.912 bits per heavy atom. The summed E-state index contributed by atoms with van der Waals surface area (Å²) < 4.78 is 5.58. The molecule has 0 bridgehead atoms. The highest BCUT2D eigenvalue weighted by atomic mass is 16.5. The van der Waals surface area contributed by atoms with Gasteiger partial charge in [-0.15, -0.1) is 0 Å². The molecule has 3 aromatic heterocycles. The number of anilines is 1. The average Bonchev–Trinajstić information content (AvgIpc) is 3.39. The van der Waals surface area contributed by atoms with Gasteiger partial charge < -0.3 is 14.7 Å². The van der Waals surface area contributed by atoms with E-state index in [-0.39, 0.29) is 11.9 Å². The van der Waals surface area contributed by atoms with E-state index in [0.29, 0.717) is 30.5 Å². The first-order chi connectivity index (χ1) is 16.7. The third-order valence-electron chi connectivity index (χ3n) is 6.27. The van der Waals surface area contributed by atoms with Gasteiger partial charge in [0.2, 0.25) is 11.7 Å². The summed E-state index contributed by atoms with van der Waals surface area (Å²) in [4.78, 5) is 28.4. The zero-order chi connectivity index (χ0) is 22.9. The van der Waals surface area contributed by atoms with Crippen LogP contribution in [0.4, 0.5) is 10.5 Å². The van der Waals surface area contributed by atoms with Crippen molar-refractivity contribution in [1.82, 2.24) is 25.0 Å². The van der Waals surface area contributed by atoms with Crippen LogP contribution in [0, 0.1) is 0 Å². The molecule has 0 spiro atoms. The fourth-order valence-electron chi connectivity index (χ4n) is 4.42. The maximum absolute atomic E-state index is 12.9. The predicted octanol–water partition coefficient (Wildman–Crippen LogP) is 5.24. The van der Waals surface area contributed by atoms with Crippen LogP contribution in [0.2, 0.25) is 0 Å². The van der Waals surface area contributed by atoms with Crippen molar-refractivity contribution in [1.29, 1.82) is 0 Å². The number of para-hydroxylation sites is 2. The second kappa shape index (κ2) is 8.55. The number of benzene rings is 2. The molecule has 0 aliphatic carbocycles. The van der Waals surface area contributed by atoms with Crippen molar-refractivity contribution in [2.24, 2.45) is 0 Å². The second-order valence-corrected chi connectivity index (χ2v) is 8.42. The minimum Gasteiger partial charge on any atom is -0.339 e. The molecule has 168 valence electrons. The van der Waals surface area contributed by atoms with Crippen molar-refractivity contribution >= 4 is 33.5 Å². The summed E-state index contributed by atoms with van der Waals surface area (Å²) in [7, 11) is 0. The molecule has 2 aromatic carbocycles. The zero-order valence-corrected chi connectivity index (χ0v) is 18.4. The van der Waals surface area contributed by atoms with Crippen molar-refractivity contribution in [2.45, 2.75) is 18.8 Å². The number of piperidine rings is 1. The molecule has 8 heteroatoms. The van der Waals surface area contributed by atoms with Crippen LogP contribution in [0.3, 0.4) is 0 Å². The lowest BCUT2D eigenvalue weighted by molar-refractivity contribution is 0.187. The zero-order valence-electron chi connectivity index (χ0n) is 18.4. The quantitative estimate of drug-likeness (QED) is 0.403. The third-order valence-corrected chi connectivity index (χ3v) is 6.27. The Labute approximate surface area is 195 Å². The molecule has 1 aliphatic rings. The average molecular weight is 451 g/mol. The number of nitrogens with one attached hydrogen (secondary N) is 1. The largest absolute Gasteiger partial charge is 0.339 e. The van der Waals surface area contributed by atoms with Gasteiger partial charge in [-0.25, -0.2) is 9.78 Å². The van der Waals surface area contributed by atoms with Crippen molar-refractivity contribution < 1.29 is 9.32 Å². The molecule has 0 radical (unpaired) electrons. The lowest BCUT2D eigenvalue weighted by atomic mass is 9.97. The van der Waals surface area contributed by atoms with E-state index in [1.165, 1.54) is 0 Å². The number of carbonyl (C=O) groups is 1. The van der Waals surface area contributed by atoms with Crippen LogP contribution in [-0.4, -0.2) is 44.1 Å². The Morgan fingerprint density at radius 2 is 1.74 bits per heavy atom. The molecule has 5 aromatic rings. The van der Waals surface area contributed by atoms with Gasteiger partial charge in [0.15, 0.2) is 0 Å². The molecule has 1 fully saturated rings. The van der Waals surface area contributed by atoms with Crippen molar-refractivity contribution in [3.05, 3.63) is 78.8 Å². The number of rotatable bonds is 3. The smallest absolute Gasteiger partial charge is 0.321 e. The molecule has 1 N–H and O–H groups in total. The number of amides is 2. The van der Waals surface area contributed by atoms with Gasteiger partial charge in [0, 0.05) is 36.0 Å². The van der Waals surface area contributed by atoms with Crippen LogP contribution in [-0.2, 0) is 0 Å². The number of hydrogen-bond donors (Lipinski definition) is 1. The summed E-state index contributed by atoms with van der Waals surface area (Å²) in [5.41, 5.74) is 3.09. The molecule has 1 aliphatic heterocycles. The first-order valence-corrected chi connectivity index (χ1v) is 11.3. The Kier molecular flexibility index (Phi) is 5.10. The topological polar surface area (TPSA) is 97.0 Å². The first-order valence-electron chi connectivity index (χ1n) is 11.3. The number of carbonyl (C=O) groups excluding carboxylic acids is 1. The van der Waals surface area contributed by atoms with Crippen LogP contribution >= 0.6 is 0 Å². The van der Waals surface area contributed by atoms with Gasteiger partial charge in [0.05, 0.1) is 16.7 Å². The van der Waals surface area contributed by atoms with Gasteiger partial charge in [-0.05, 0) is 37.1 Å². The Balaban J connectivity index is 1.12. The Morgan fingerprint density at radius 3 is 2.65 bits per heavy atom. The maximum Gasteiger partial charge on any atom is 0.321 e. The van der Waals surface area contributed by atoms with Crippen molar-refractivity contribution in [3.63, 3.8) is 0 Å². The lowest BCUT2D eigenvalue weighted by Crippen LogP contribution is -2.40. The van der Waals surface area contributed by atoms with Gasteiger partial charge in [-0.3, -0.25) is 4.98 Å². The molecule has 0 unspecified atom stereocenters. The van der Waals surface area contributed by atoms with Crippen LogP contribution < -0.4 is 5.32 Å². The number of pyridine rings is 2. The molecule has 2 amide bonds. The number of urea groups is 1. The van der Waals surface area contributed by atoms with E-state index in [0.717, 1.165) is 40.3 Å². The second-order valence-electron chi connectivity index (χ2n) is 8.42. The van der Waals surface area contributed by atoms with Crippen LogP contribution in [0.1, 0.15) is 24.7 Å². The molecular weight excluding hydrogens is 428 g/mol. The Bertz CT molecular complexity index is 1480. The number of hydrogen-bond acceptors (Lipinski definition) is 6. The molecule has 0 atom stereocenters. The summed E-state index contributed by atoms with van der Waals surface area (Å²) in [5, 5.41) is 9.24. The first kappa shape index (κ1) is 20.3. The summed E-state index contributed by atoms with van der Waals surface area (Å²) in [6.45, 7) is 1.22. The van der Waals surface area contributed by atoms with Crippen LogP contribution in [0.5, 0.6) is 0 Å². The highest BCUT2D eigenvalue weighted by Gasteiger charge is 2.28. The lowest BCUT2D eigenvalue weighted by Gasteiger charge is -2.30. The van der Waals surface area contributed by atoms with E-state index in [2.05, 4.69) is 25.4 Å². The minimum atomic E-state index is -0.122. The molecule has 1 saturated heterocycles. The summed E-state index contributed by atoms with van der Waals surface area (Å²) >= 11 is 0. The Hall–Kier alpha value is -4.33. The SMILES string of the molecule is O=C(Nc1cccc2cccnc12)N1CCC(c2nc(-c3ccc4ccccc4n3)no2)CC1. The monoisotopic (exact) mass is 450 g/mol. The number of aromatic nitrogens is 4. The summed E-state index contributed by atoms with van der Waals surface area (Å²) in [6.07, 6.45) is 3.25. The van der Waals surface area contributed by atoms with Gasteiger partial charge in [-0.2, -0.15) is 4.98 Å². The fourth-order valence-corrected chi connectivity index (χ4v) is 4.42. The van der Waals surface area contributed by atoms with E-state index in [1.807, 2.05) is 71.6 Å². The van der Waals surface area contributed by atoms with E-state index >= 15 is 0 Å². The van der Waals surface area contributed by atoms with E-state index in [4.69, 9.17) is 4.52 Å². The highest BCUT2D eigenvalue weighted by molar-refractivity contribution is 5.99. The minimum absolute atomic E-state index is 0.116. The van der Waals surface area contributed by atoms with Crippen molar-refractivity contribution in [2.75, 3.05) is 18.4 Å². The third kappa shape index (κ3) is 3.83. The molecule has 34 heavy (non-hydrogen) atoms. The number of likely N-dealkylation sites (tertiary alicyclic amines) is 1.